The Kier molecular flexibility index (Phi) is 6.49. The van der Waals surface area contributed by atoms with Crippen molar-refractivity contribution in [2.75, 3.05) is 38.7 Å². The van der Waals surface area contributed by atoms with Crippen LogP contribution in [0.5, 0.6) is 0 Å². The van der Waals surface area contributed by atoms with Crippen molar-refractivity contribution in [3.8, 4) is 0 Å². The molecule has 0 saturated heterocycles. The Balaban J connectivity index is 2.57. The first-order chi connectivity index (χ1) is 8.67. The molecule has 0 aliphatic heterocycles. The molecule has 0 heterocycles. The summed E-state index contributed by atoms with van der Waals surface area (Å²) in [6.07, 6.45) is 0. The maximum Gasteiger partial charge on any atom is 0.321 e. The summed E-state index contributed by atoms with van der Waals surface area (Å²) in [5.74, 6) is 0. The fourth-order valence-corrected chi connectivity index (χ4v) is 1.50. The second kappa shape index (κ2) is 7.92. The average molecular weight is 273 g/mol. The van der Waals surface area contributed by atoms with Crippen molar-refractivity contribution in [1.29, 1.82) is 0 Å². The molecule has 1 rings (SSSR count). The molecule has 0 atom stereocenters. The molecule has 0 fully saturated rings. The van der Waals surface area contributed by atoms with E-state index in [-0.39, 0.29) is 19.2 Å². The summed E-state index contributed by atoms with van der Waals surface area (Å²) in [6.45, 7) is 1.03. The molecule has 18 heavy (non-hydrogen) atoms. The van der Waals surface area contributed by atoms with E-state index in [9.17, 15) is 4.79 Å². The Morgan fingerprint density at radius 1 is 1.39 bits per heavy atom. The fourth-order valence-electron chi connectivity index (χ4n) is 1.37. The number of aliphatic hydroxyl groups is 1. The first-order valence-corrected chi connectivity index (χ1v) is 5.96. The lowest BCUT2D eigenvalue weighted by Crippen LogP contribution is -2.39. The van der Waals surface area contributed by atoms with Gasteiger partial charge in [-0.2, -0.15) is 0 Å². The first kappa shape index (κ1) is 14.8. The van der Waals surface area contributed by atoms with E-state index in [4.69, 9.17) is 21.4 Å². The van der Waals surface area contributed by atoms with E-state index in [0.29, 0.717) is 23.9 Å². The Morgan fingerprint density at radius 3 is 2.61 bits per heavy atom. The van der Waals surface area contributed by atoms with Crippen LogP contribution in [0.2, 0.25) is 5.02 Å². The molecular formula is C12H17ClN2O3. The number of carbonyl (C=O) groups excluding carboxylic acids is 1. The van der Waals surface area contributed by atoms with Gasteiger partial charge in [-0.15, -0.1) is 0 Å². The molecule has 1 aromatic carbocycles. The predicted octanol–water partition coefficient (Wildman–Crippen LogP) is 1.81. The van der Waals surface area contributed by atoms with Crippen molar-refractivity contribution in [2.45, 2.75) is 0 Å². The lowest BCUT2D eigenvalue weighted by atomic mass is 10.3. The Hall–Kier alpha value is -1.30. The topological polar surface area (TPSA) is 61.8 Å². The zero-order valence-corrected chi connectivity index (χ0v) is 11.0. The van der Waals surface area contributed by atoms with Crippen LogP contribution in [0, 0.1) is 0 Å². The lowest BCUT2D eigenvalue weighted by molar-refractivity contribution is 0.142. The van der Waals surface area contributed by atoms with Gasteiger partial charge in [-0.25, -0.2) is 4.79 Å². The number of carbonyl (C=O) groups is 1. The number of amides is 2. The molecule has 0 aromatic heterocycles. The average Bonchev–Trinajstić information content (AvgIpc) is 2.37. The van der Waals surface area contributed by atoms with Gasteiger partial charge in [0, 0.05) is 30.9 Å². The number of rotatable bonds is 6. The maximum atomic E-state index is 11.9. The van der Waals surface area contributed by atoms with Gasteiger partial charge >= 0.3 is 6.03 Å². The number of benzene rings is 1. The number of halogens is 1. The van der Waals surface area contributed by atoms with E-state index >= 15 is 0 Å². The summed E-state index contributed by atoms with van der Waals surface area (Å²) in [7, 11) is 1.56. The molecule has 1 aromatic rings. The summed E-state index contributed by atoms with van der Waals surface area (Å²) in [5, 5.41) is 12.2. The van der Waals surface area contributed by atoms with Gasteiger partial charge in [0.25, 0.3) is 0 Å². The number of urea groups is 1. The van der Waals surface area contributed by atoms with Crippen LogP contribution in [0.25, 0.3) is 0 Å². The number of methoxy groups -OCH3 is 1. The van der Waals surface area contributed by atoms with E-state index in [1.807, 2.05) is 0 Å². The normalized spacial score (nSPS) is 10.2. The van der Waals surface area contributed by atoms with Crippen LogP contribution in [0.1, 0.15) is 0 Å². The number of nitrogens with one attached hydrogen (secondary N) is 1. The molecule has 2 N–H and O–H groups in total. The van der Waals surface area contributed by atoms with Gasteiger partial charge < -0.3 is 20.1 Å². The molecule has 0 saturated carbocycles. The van der Waals surface area contributed by atoms with Crippen molar-refractivity contribution in [2.24, 2.45) is 0 Å². The molecule has 0 spiro atoms. The Morgan fingerprint density at radius 2 is 2.06 bits per heavy atom. The number of ether oxygens (including phenoxy) is 1. The number of aliphatic hydroxyl groups excluding tert-OH is 1. The third-order valence-electron chi connectivity index (χ3n) is 2.32. The molecule has 0 radical (unpaired) electrons. The summed E-state index contributed by atoms with van der Waals surface area (Å²) in [6, 6.07) is 6.55. The van der Waals surface area contributed by atoms with Gasteiger partial charge in [0.15, 0.2) is 0 Å². The smallest absolute Gasteiger partial charge is 0.321 e. The molecule has 0 aliphatic rings. The molecule has 0 unspecified atom stereocenters. The quantitative estimate of drug-likeness (QED) is 0.830. The SMILES string of the molecule is COCCN(CCO)C(=O)Nc1ccc(Cl)cc1. The van der Waals surface area contributed by atoms with Gasteiger partial charge in [0.2, 0.25) is 0 Å². The van der Waals surface area contributed by atoms with E-state index in [1.165, 1.54) is 4.90 Å². The van der Waals surface area contributed by atoms with Gasteiger partial charge in [0.05, 0.1) is 13.2 Å². The lowest BCUT2D eigenvalue weighted by Gasteiger charge is -2.21. The Labute approximate surface area is 111 Å². The highest BCUT2D eigenvalue weighted by atomic mass is 35.5. The van der Waals surface area contributed by atoms with Crippen LogP contribution in [0.4, 0.5) is 10.5 Å². The van der Waals surface area contributed by atoms with Crippen LogP contribution in [-0.4, -0.2) is 49.5 Å². The van der Waals surface area contributed by atoms with Crippen LogP contribution in [0.15, 0.2) is 24.3 Å². The van der Waals surface area contributed by atoms with Crippen LogP contribution < -0.4 is 5.32 Å². The monoisotopic (exact) mass is 272 g/mol. The van der Waals surface area contributed by atoms with Crippen molar-refractivity contribution in [1.82, 2.24) is 4.90 Å². The second-order valence-electron chi connectivity index (χ2n) is 3.64. The maximum absolute atomic E-state index is 11.9. The number of hydrogen-bond acceptors (Lipinski definition) is 3. The molecule has 5 nitrogen and oxygen atoms in total. The number of anilines is 1. The molecule has 0 aliphatic carbocycles. The minimum Gasteiger partial charge on any atom is -0.395 e. The number of nitrogens with zero attached hydrogens (tertiary/aromatic N) is 1. The zero-order chi connectivity index (χ0) is 13.4. The predicted molar refractivity (Wildman–Crippen MR) is 71.0 cm³/mol. The van der Waals surface area contributed by atoms with Crippen LogP contribution in [0.3, 0.4) is 0 Å². The molecule has 0 bridgehead atoms. The van der Waals surface area contributed by atoms with Gasteiger partial charge in [0.1, 0.15) is 0 Å². The highest BCUT2D eigenvalue weighted by Crippen LogP contribution is 2.13. The highest BCUT2D eigenvalue weighted by Gasteiger charge is 2.12. The molecule has 2 amide bonds. The van der Waals surface area contributed by atoms with Crippen molar-refractivity contribution >= 4 is 23.3 Å². The summed E-state index contributed by atoms with van der Waals surface area (Å²) >= 11 is 5.76. The first-order valence-electron chi connectivity index (χ1n) is 5.58. The van der Waals surface area contributed by atoms with Crippen LogP contribution >= 0.6 is 11.6 Å². The standard InChI is InChI=1S/C12H17ClN2O3/c1-18-9-7-15(6-8-16)12(17)14-11-4-2-10(13)3-5-11/h2-5,16H,6-9H2,1H3,(H,14,17). The largest absolute Gasteiger partial charge is 0.395 e. The van der Waals surface area contributed by atoms with E-state index in [0.717, 1.165) is 0 Å². The van der Waals surface area contributed by atoms with Crippen molar-refractivity contribution < 1.29 is 14.6 Å². The molecule has 6 heteroatoms. The second-order valence-corrected chi connectivity index (χ2v) is 4.08. The zero-order valence-electron chi connectivity index (χ0n) is 10.2. The highest BCUT2D eigenvalue weighted by molar-refractivity contribution is 6.30. The molecule has 100 valence electrons. The van der Waals surface area contributed by atoms with Gasteiger partial charge in [-0.1, -0.05) is 11.6 Å². The summed E-state index contributed by atoms with van der Waals surface area (Å²) < 4.78 is 4.91. The third kappa shape index (κ3) is 4.91. The summed E-state index contributed by atoms with van der Waals surface area (Å²) in [4.78, 5) is 13.4. The third-order valence-corrected chi connectivity index (χ3v) is 2.57. The number of hydrogen-bond donors (Lipinski definition) is 2. The summed E-state index contributed by atoms with van der Waals surface area (Å²) in [5.41, 5.74) is 0.657. The van der Waals surface area contributed by atoms with Crippen molar-refractivity contribution in [3.05, 3.63) is 29.3 Å². The van der Waals surface area contributed by atoms with Gasteiger partial charge in [-0.05, 0) is 24.3 Å². The van der Waals surface area contributed by atoms with E-state index < -0.39 is 0 Å². The minimum absolute atomic E-state index is 0.0856. The van der Waals surface area contributed by atoms with Crippen LogP contribution in [-0.2, 0) is 4.74 Å². The van der Waals surface area contributed by atoms with Gasteiger partial charge in [-0.3, -0.25) is 0 Å². The Bertz CT molecular complexity index is 370. The van der Waals surface area contributed by atoms with E-state index in [2.05, 4.69) is 5.32 Å². The van der Waals surface area contributed by atoms with E-state index in [1.54, 1.807) is 31.4 Å². The fraction of sp³-hybridized carbons (Fsp3) is 0.417. The molecular weight excluding hydrogens is 256 g/mol. The van der Waals surface area contributed by atoms with Crippen molar-refractivity contribution in [3.63, 3.8) is 0 Å². The minimum atomic E-state index is -0.275.